The molecule has 0 saturated heterocycles. The molecule has 1 rings (SSSR count). The van der Waals surface area contributed by atoms with Gasteiger partial charge in [0, 0.05) is 13.7 Å². The topological polar surface area (TPSA) is 83.9 Å². The van der Waals surface area contributed by atoms with Gasteiger partial charge >= 0.3 is 5.97 Å². The molecule has 0 atom stereocenters. The molecule has 0 heterocycles. The Hall–Kier alpha value is -0.660. The molecule has 0 spiro atoms. The van der Waals surface area contributed by atoms with E-state index in [1.165, 1.54) is 7.11 Å². The first kappa shape index (κ1) is 13.4. The summed E-state index contributed by atoms with van der Waals surface area (Å²) in [6, 6.07) is 0. The van der Waals surface area contributed by atoms with Crippen LogP contribution in [0.2, 0.25) is 0 Å². The third-order valence-electron chi connectivity index (χ3n) is 2.39. The highest BCUT2D eigenvalue weighted by atomic mass is 32.2. The molecule has 0 aromatic heterocycles. The van der Waals surface area contributed by atoms with Crippen LogP contribution in [-0.4, -0.2) is 56.4 Å². The van der Waals surface area contributed by atoms with Gasteiger partial charge in [0.1, 0.15) is 6.54 Å². The van der Waals surface area contributed by atoms with Crippen LogP contribution in [-0.2, 0) is 19.6 Å². The van der Waals surface area contributed by atoms with Gasteiger partial charge in [0.15, 0.2) is 0 Å². The number of hydrogen-bond acceptors (Lipinski definition) is 4. The van der Waals surface area contributed by atoms with E-state index in [-0.39, 0.29) is 24.8 Å². The van der Waals surface area contributed by atoms with Crippen molar-refractivity contribution in [3.63, 3.8) is 0 Å². The van der Waals surface area contributed by atoms with Crippen molar-refractivity contribution in [3.05, 3.63) is 0 Å². The smallest absolute Gasteiger partial charge is 0.318 e. The monoisotopic (exact) mass is 251 g/mol. The molecule has 0 aromatic rings. The second-order valence-corrected chi connectivity index (χ2v) is 5.96. The largest absolute Gasteiger partial charge is 0.480 e. The summed E-state index contributed by atoms with van der Waals surface area (Å²) in [5.74, 6) is -0.872. The van der Waals surface area contributed by atoms with Gasteiger partial charge in [-0.2, -0.15) is 4.31 Å². The molecular weight excluding hydrogens is 234 g/mol. The first-order valence-electron chi connectivity index (χ1n) is 5.14. The van der Waals surface area contributed by atoms with Crippen molar-refractivity contribution in [1.82, 2.24) is 4.31 Å². The van der Waals surface area contributed by atoms with Crippen molar-refractivity contribution in [3.8, 4) is 0 Å². The number of carboxylic acid groups (broad SMARTS) is 1. The molecule has 1 saturated carbocycles. The lowest BCUT2D eigenvalue weighted by molar-refractivity contribution is -0.137. The fraction of sp³-hybridized carbons (Fsp3) is 0.889. The van der Waals surface area contributed by atoms with Gasteiger partial charge in [-0.1, -0.05) is 0 Å². The summed E-state index contributed by atoms with van der Waals surface area (Å²) in [7, 11) is -2.00. The minimum absolute atomic E-state index is 0.0595. The van der Waals surface area contributed by atoms with Crippen LogP contribution in [0.1, 0.15) is 12.8 Å². The summed E-state index contributed by atoms with van der Waals surface area (Å²) < 4.78 is 29.4. The third-order valence-corrected chi connectivity index (χ3v) is 4.38. The lowest BCUT2D eigenvalue weighted by Crippen LogP contribution is -2.39. The van der Waals surface area contributed by atoms with Crippen molar-refractivity contribution in [2.24, 2.45) is 5.92 Å². The minimum atomic E-state index is -3.45. The van der Waals surface area contributed by atoms with Gasteiger partial charge in [0.25, 0.3) is 0 Å². The Morgan fingerprint density at radius 3 is 2.56 bits per heavy atom. The summed E-state index contributed by atoms with van der Waals surface area (Å²) in [5.41, 5.74) is 0. The maximum Gasteiger partial charge on any atom is 0.318 e. The first-order chi connectivity index (χ1) is 7.45. The first-order valence-corrected chi connectivity index (χ1v) is 6.75. The number of methoxy groups -OCH3 is 1. The number of ether oxygens (including phenoxy) is 1. The predicted molar refractivity (Wildman–Crippen MR) is 57.6 cm³/mol. The van der Waals surface area contributed by atoms with Crippen molar-refractivity contribution in [1.29, 1.82) is 0 Å². The van der Waals surface area contributed by atoms with Crippen LogP contribution >= 0.6 is 0 Å². The second-order valence-electron chi connectivity index (χ2n) is 3.94. The summed E-state index contributed by atoms with van der Waals surface area (Å²) in [6.07, 6.45) is 1.84. The van der Waals surface area contributed by atoms with Crippen LogP contribution in [0.4, 0.5) is 0 Å². The van der Waals surface area contributed by atoms with Crippen LogP contribution in [0, 0.1) is 5.92 Å². The van der Waals surface area contributed by atoms with Gasteiger partial charge in [0.2, 0.25) is 10.0 Å². The van der Waals surface area contributed by atoms with E-state index < -0.39 is 22.5 Å². The number of carboxylic acids is 1. The van der Waals surface area contributed by atoms with Gasteiger partial charge in [-0.05, 0) is 18.8 Å². The fourth-order valence-electron chi connectivity index (χ4n) is 1.35. The van der Waals surface area contributed by atoms with E-state index >= 15 is 0 Å². The Morgan fingerprint density at radius 2 is 2.12 bits per heavy atom. The molecule has 0 amide bonds. The lowest BCUT2D eigenvalue weighted by atomic mass is 10.5. The van der Waals surface area contributed by atoms with Crippen LogP contribution in [0.3, 0.4) is 0 Å². The Labute approximate surface area is 95.2 Å². The molecule has 1 N–H and O–H groups in total. The maximum atomic E-state index is 11.8. The van der Waals surface area contributed by atoms with Crippen molar-refractivity contribution in [2.75, 3.05) is 32.6 Å². The Balaban J connectivity index is 2.60. The molecule has 0 aromatic carbocycles. The van der Waals surface area contributed by atoms with Crippen molar-refractivity contribution >= 4 is 16.0 Å². The molecule has 0 unspecified atom stereocenters. The van der Waals surface area contributed by atoms with Gasteiger partial charge in [-0.3, -0.25) is 4.79 Å². The van der Waals surface area contributed by atoms with E-state index in [4.69, 9.17) is 9.84 Å². The van der Waals surface area contributed by atoms with Crippen LogP contribution in [0.25, 0.3) is 0 Å². The van der Waals surface area contributed by atoms with Crippen molar-refractivity contribution < 1.29 is 23.1 Å². The molecule has 7 heteroatoms. The standard InChI is InChI=1S/C9H17NO5S/c1-15-5-4-10(6-9(11)12)16(13,14)7-8-2-3-8/h8H,2-7H2,1H3,(H,11,12). The Bertz CT molecular complexity index is 336. The minimum Gasteiger partial charge on any atom is -0.480 e. The van der Waals surface area contributed by atoms with Gasteiger partial charge in [-0.25, -0.2) is 8.42 Å². The molecule has 1 aliphatic carbocycles. The number of carbonyl (C=O) groups is 1. The molecule has 1 aliphatic rings. The van der Waals surface area contributed by atoms with E-state index in [0.29, 0.717) is 0 Å². The predicted octanol–water partition coefficient (Wildman–Crippen LogP) is -0.241. The second kappa shape index (κ2) is 5.60. The van der Waals surface area contributed by atoms with Crippen molar-refractivity contribution in [2.45, 2.75) is 12.8 Å². The normalized spacial score (nSPS) is 16.6. The average Bonchev–Trinajstić information content (AvgIpc) is 2.94. The number of rotatable bonds is 8. The fourth-order valence-corrected chi connectivity index (χ4v) is 3.15. The molecule has 0 bridgehead atoms. The lowest BCUT2D eigenvalue weighted by Gasteiger charge is -2.19. The van der Waals surface area contributed by atoms with E-state index in [1.54, 1.807) is 0 Å². The zero-order valence-electron chi connectivity index (χ0n) is 9.26. The van der Waals surface area contributed by atoms with E-state index in [1.807, 2.05) is 0 Å². The quantitative estimate of drug-likeness (QED) is 0.643. The Morgan fingerprint density at radius 1 is 1.50 bits per heavy atom. The summed E-state index contributed by atoms with van der Waals surface area (Å²) in [6.45, 7) is -0.187. The number of aliphatic carboxylic acids is 1. The molecule has 0 radical (unpaired) electrons. The van der Waals surface area contributed by atoms with Gasteiger partial charge < -0.3 is 9.84 Å². The summed E-state index contributed by atoms with van der Waals surface area (Å²) >= 11 is 0. The number of nitrogens with zero attached hydrogens (tertiary/aromatic N) is 1. The molecule has 94 valence electrons. The average molecular weight is 251 g/mol. The zero-order chi connectivity index (χ0) is 12.2. The molecule has 6 nitrogen and oxygen atoms in total. The van der Waals surface area contributed by atoms with E-state index in [2.05, 4.69) is 0 Å². The molecular formula is C9H17NO5S. The zero-order valence-corrected chi connectivity index (χ0v) is 10.1. The van der Waals surface area contributed by atoms with Crippen LogP contribution in [0.5, 0.6) is 0 Å². The van der Waals surface area contributed by atoms with Crippen LogP contribution in [0.15, 0.2) is 0 Å². The molecule has 16 heavy (non-hydrogen) atoms. The highest BCUT2D eigenvalue weighted by Crippen LogP contribution is 2.31. The number of hydrogen-bond donors (Lipinski definition) is 1. The summed E-state index contributed by atoms with van der Waals surface area (Å²) in [4.78, 5) is 10.6. The molecule has 1 fully saturated rings. The van der Waals surface area contributed by atoms with Gasteiger partial charge in [-0.15, -0.1) is 0 Å². The van der Waals surface area contributed by atoms with Gasteiger partial charge in [0.05, 0.1) is 12.4 Å². The SMILES string of the molecule is COCCN(CC(=O)O)S(=O)(=O)CC1CC1. The summed E-state index contributed by atoms with van der Waals surface area (Å²) in [5, 5.41) is 8.65. The highest BCUT2D eigenvalue weighted by Gasteiger charge is 2.32. The molecule has 0 aliphatic heterocycles. The Kier molecular flexibility index (Phi) is 4.69. The van der Waals surface area contributed by atoms with E-state index in [0.717, 1.165) is 17.1 Å². The van der Waals surface area contributed by atoms with E-state index in [9.17, 15) is 13.2 Å². The third kappa shape index (κ3) is 4.46. The number of sulfonamides is 1. The maximum absolute atomic E-state index is 11.8. The highest BCUT2D eigenvalue weighted by molar-refractivity contribution is 7.89. The van der Waals surface area contributed by atoms with Crippen LogP contribution < -0.4 is 0 Å².